The third kappa shape index (κ3) is 6.22. The van der Waals surface area contributed by atoms with Gasteiger partial charge >= 0.3 is 12.4 Å². The fourth-order valence-corrected chi connectivity index (χ4v) is 4.90. The molecule has 0 spiro atoms. The summed E-state index contributed by atoms with van der Waals surface area (Å²) in [4.78, 5) is 1.99. The zero-order valence-corrected chi connectivity index (χ0v) is 15.8. The van der Waals surface area contributed by atoms with Crippen LogP contribution in [0.5, 0.6) is 0 Å². The van der Waals surface area contributed by atoms with E-state index in [0.29, 0.717) is 6.16 Å². The van der Waals surface area contributed by atoms with Gasteiger partial charge in [-0.15, -0.1) is 0 Å². The average molecular weight is 407 g/mol. The number of benzene rings is 2. The second-order valence-corrected chi connectivity index (χ2v) is 8.73. The highest BCUT2D eigenvalue weighted by Gasteiger charge is 2.31. The lowest BCUT2D eigenvalue weighted by molar-refractivity contribution is -0.138. The summed E-state index contributed by atoms with van der Waals surface area (Å²) in [7, 11) is 2.79. The molecule has 0 aliphatic carbocycles. The van der Waals surface area contributed by atoms with Crippen molar-refractivity contribution in [2.45, 2.75) is 18.8 Å². The topological polar surface area (TPSA) is 3.24 Å². The highest BCUT2D eigenvalue weighted by molar-refractivity contribution is 7.73. The Hall–Kier alpha value is -1.59. The molecule has 2 rings (SSSR count). The van der Waals surface area contributed by atoms with Gasteiger partial charge in [-0.3, -0.25) is 0 Å². The van der Waals surface area contributed by atoms with Gasteiger partial charge in [0, 0.05) is 0 Å². The Balaban J connectivity index is 2.30. The maximum Gasteiger partial charge on any atom is 0.416 e. The normalized spacial score (nSPS) is 12.8. The quantitative estimate of drug-likeness (QED) is 0.475. The molecule has 27 heavy (non-hydrogen) atoms. The molecule has 2 aromatic carbocycles. The standard InChI is InChI=1S/C19H20F6NP/c1-26(2)12-3-13-27(16-8-4-14(5-9-16)18(20,21)22)17-10-6-15(7-11-17)19(23,24)25/h4-11H,3,12-13H2,1-2H3. The molecule has 0 radical (unpaired) electrons. The Morgan fingerprint density at radius 1 is 0.704 bits per heavy atom. The summed E-state index contributed by atoms with van der Waals surface area (Å²) in [5.41, 5.74) is -1.47. The summed E-state index contributed by atoms with van der Waals surface area (Å²) >= 11 is 0. The van der Waals surface area contributed by atoms with Crippen LogP contribution in [-0.2, 0) is 12.4 Å². The molecule has 0 aromatic heterocycles. The first kappa shape index (κ1) is 21.7. The Kier molecular flexibility index (Phi) is 6.92. The minimum Gasteiger partial charge on any atom is -0.309 e. The van der Waals surface area contributed by atoms with E-state index in [-0.39, 0.29) is 0 Å². The van der Waals surface area contributed by atoms with Gasteiger partial charge in [-0.05, 0) is 76.0 Å². The van der Waals surface area contributed by atoms with E-state index in [4.69, 9.17) is 0 Å². The first-order valence-electron chi connectivity index (χ1n) is 8.25. The molecule has 0 aliphatic heterocycles. The second kappa shape index (κ2) is 8.61. The molecule has 2 aromatic rings. The van der Waals surface area contributed by atoms with E-state index in [1.165, 1.54) is 24.3 Å². The maximum absolute atomic E-state index is 12.8. The smallest absolute Gasteiger partial charge is 0.309 e. The van der Waals surface area contributed by atoms with Crippen molar-refractivity contribution in [1.82, 2.24) is 4.90 Å². The number of halogens is 6. The van der Waals surface area contributed by atoms with Gasteiger partial charge in [0.05, 0.1) is 11.1 Å². The molecule has 8 heteroatoms. The van der Waals surface area contributed by atoms with Crippen LogP contribution in [0, 0.1) is 0 Å². The summed E-state index contributed by atoms with van der Waals surface area (Å²) in [6.07, 6.45) is -7.36. The molecule has 0 amide bonds. The van der Waals surface area contributed by atoms with Gasteiger partial charge in [0.2, 0.25) is 0 Å². The maximum atomic E-state index is 12.8. The van der Waals surface area contributed by atoms with Gasteiger partial charge in [-0.25, -0.2) is 0 Å². The zero-order chi connectivity index (χ0) is 20.2. The molecule has 0 saturated carbocycles. The molecular formula is C19H20F6NP. The van der Waals surface area contributed by atoms with E-state index in [2.05, 4.69) is 0 Å². The fourth-order valence-electron chi connectivity index (χ4n) is 2.61. The van der Waals surface area contributed by atoms with Gasteiger partial charge in [0.25, 0.3) is 0 Å². The van der Waals surface area contributed by atoms with Crippen molar-refractivity contribution in [3.63, 3.8) is 0 Å². The van der Waals surface area contributed by atoms with Crippen LogP contribution >= 0.6 is 7.92 Å². The van der Waals surface area contributed by atoms with Crippen molar-refractivity contribution in [2.24, 2.45) is 0 Å². The Labute approximate surface area is 155 Å². The van der Waals surface area contributed by atoms with Crippen LogP contribution in [0.25, 0.3) is 0 Å². The predicted molar refractivity (Wildman–Crippen MR) is 97.1 cm³/mol. The van der Waals surface area contributed by atoms with E-state index in [1.807, 2.05) is 19.0 Å². The van der Waals surface area contributed by atoms with E-state index < -0.39 is 31.4 Å². The van der Waals surface area contributed by atoms with Crippen LogP contribution in [-0.4, -0.2) is 31.7 Å². The number of rotatable bonds is 6. The first-order valence-corrected chi connectivity index (χ1v) is 9.78. The highest BCUT2D eigenvalue weighted by Crippen LogP contribution is 2.37. The minimum absolute atomic E-state index is 0.685. The zero-order valence-electron chi connectivity index (χ0n) is 14.9. The molecule has 0 unspecified atom stereocenters. The highest BCUT2D eigenvalue weighted by atomic mass is 31.1. The van der Waals surface area contributed by atoms with Gasteiger partial charge in [0.15, 0.2) is 0 Å². The third-order valence-corrected chi connectivity index (χ3v) is 6.61. The first-order chi connectivity index (χ1) is 12.5. The van der Waals surface area contributed by atoms with Crippen molar-refractivity contribution in [2.75, 3.05) is 26.8 Å². The van der Waals surface area contributed by atoms with Crippen molar-refractivity contribution in [3.8, 4) is 0 Å². The molecular weight excluding hydrogens is 387 g/mol. The SMILES string of the molecule is CN(C)CCCP(c1ccc(C(F)(F)F)cc1)c1ccc(C(F)(F)F)cc1. The van der Waals surface area contributed by atoms with Crippen molar-refractivity contribution in [3.05, 3.63) is 59.7 Å². The van der Waals surface area contributed by atoms with Gasteiger partial charge in [-0.1, -0.05) is 24.3 Å². The molecule has 0 atom stereocenters. The average Bonchev–Trinajstić information content (AvgIpc) is 2.57. The van der Waals surface area contributed by atoms with E-state index in [9.17, 15) is 26.3 Å². The predicted octanol–water partition coefficient (Wildman–Crippen LogP) is 5.11. The van der Waals surface area contributed by atoms with Crippen LogP contribution in [0.3, 0.4) is 0 Å². The van der Waals surface area contributed by atoms with Crippen LogP contribution in [0.4, 0.5) is 26.3 Å². The summed E-state index contributed by atoms with van der Waals surface area (Å²) in [6, 6.07) is 9.84. The van der Waals surface area contributed by atoms with Crippen molar-refractivity contribution in [1.29, 1.82) is 0 Å². The monoisotopic (exact) mass is 407 g/mol. The lowest BCUT2D eigenvalue weighted by Crippen LogP contribution is -2.19. The number of nitrogens with zero attached hydrogens (tertiary/aromatic N) is 1. The fraction of sp³-hybridized carbons (Fsp3) is 0.368. The largest absolute Gasteiger partial charge is 0.416 e. The van der Waals surface area contributed by atoms with Crippen LogP contribution < -0.4 is 10.6 Å². The number of alkyl halides is 6. The third-order valence-electron chi connectivity index (χ3n) is 4.00. The minimum atomic E-state index is -4.42. The number of hydrogen-bond donors (Lipinski definition) is 0. The molecule has 0 bridgehead atoms. The molecule has 0 N–H and O–H groups in total. The van der Waals surface area contributed by atoms with Gasteiger partial charge in [-0.2, -0.15) is 26.3 Å². The second-order valence-electron chi connectivity index (χ2n) is 6.40. The van der Waals surface area contributed by atoms with Crippen LogP contribution in [0.2, 0.25) is 0 Å². The summed E-state index contributed by atoms with van der Waals surface area (Å²) < 4.78 is 76.7. The van der Waals surface area contributed by atoms with Crippen molar-refractivity contribution < 1.29 is 26.3 Å². The Morgan fingerprint density at radius 2 is 1.07 bits per heavy atom. The lowest BCUT2D eigenvalue weighted by Gasteiger charge is -2.21. The van der Waals surface area contributed by atoms with Crippen molar-refractivity contribution >= 4 is 18.5 Å². The van der Waals surface area contributed by atoms with E-state index in [0.717, 1.165) is 47.8 Å². The lowest BCUT2D eigenvalue weighted by atomic mass is 10.2. The van der Waals surface area contributed by atoms with E-state index in [1.54, 1.807) is 0 Å². The van der Waals surface area contributed by atoms with Crippen LogP contribution in [0.1, 0.15) is 17.5 Å². The van der Waals surface area contributed by atoms with Gasteiger partial charge in [0.1, 0.15) is 0 Å². The number of hydrogen-bond acceptors (Lipinski definition) is 1. The summed E-state index contributed by atoms with van der Waals surface area (Å²) in [6.45, 7) is 0.792. The van der Waals surface area contributed by atoms with Gasteiger partial charge < -0.3 is 4.90 Å². The molecule has 148 valence electrons. The Bertz CT molecular complexity index is 662. The molecule has 0 heterocycles. The summed E-state index contributed by atoms with van der Waals surface area (Å²) in [5.74, 6) is 0. The molecule has 0 saturated heterocycles. The molecule has 0 fully saturated rings. The van der Waals surface area contributed by atoms with E-state index >= 15 is 0 Å². The Morgan fingerprint density at radius 3 is 1.37 bits per heavy atom. The van der Waals surface area contributed by atoms with Crippen LogP contribution in [0.15, 0.2) is 48.5 Å². The molecule has 0 aliphatic rings. The summed E-state index contributed by atoms with van der Waals surface area (Å²) in [5, 5.41) is 1.44. The molecule has 1 nitrogen and oxygen atoms in total.